The molecule has 0 spiro atoms. The molecule has 0 aliphatic carbocycles. The topological polar surface area (TPSA) is 72.0 Å². The molecule has 0 aromatic heterocycles. The van der Waals surface area contributed by atoms with Crippen molar-refractivity contribution in [2.24, 2.45) is 5.10 Å². The molecule has 0 unspecified atom stereocenters. The second-order valence-corrected chi connectivity index (χ2v) is 4.68. The third kappa shape index (κ3) is 3.46. The van der Waals surface area contributed by atoms with Crippen LogP contribution < -0.4 is 5.43 Å². The molecule has 0 fully saturated rings. The summed E-state index contributed by atoms with van der Waals surface area (Å²) >= 11 is 0. The zero-order valence-electron chi connectivity index (χ0n) is 11.9. The highest BCUT2D eigenvalue weighted by molar-refractivity contribution is 6.10. The number of anilines is 1. The number of nitrogens with zero attached hydrogens (tertiary/aromatic N) is 3. The molecule has 102 valence electrons. The second-order valence-electron chi connectivity index (χ2n) is 4.68. The van der Waals surface area contributed by atoms with Gasteiger partial charge in [0.05, 0.1) is 5.69 Å². The molecule has 0 bridgehead atoms. The molecule has 21 heavy (non-hydrogen) atoms. The van der Waals surface area contributed by atoms with Gasteiger partial charge in [0, 0.05) is 0 Å². The highest BCUT2D eigenvalue weighted by atomic mass is 15.3. The lowest BCUT2D eigenvalue weighted by molar-refractivity contribution is 1.33. The van der Waals surface area contributed by atoms with Gasteiger partial charge in [-0.2, -0.15) is 15.6 Å². The summed E-state index contributed by atoms with van der Waals surface area (Å²) in [4.78, 5) is 0. The first-order valence-electron chi connectivity index (χ1n) is 6.45. The number of hydrogen-bond acceptors (Lipinski definition) is 4. The molecule has 1 N–H and O–H groups in total. The zero-order valence-corrected chi connectivity index (χ0v) is 11.9. The Bertz CT molecular complexity index is 760. The SMILES string of the molecule is Cc1ccc(-c2cccc(NN=C(C#N)C#N)c2)cc1C. The molecule has 2 aromatic carbocycles. The lowest BCUT2D eigenvalue weighted by Gasteiger charge is -2.07. The fourth-order valence-electron chi connectivity index (χ4n) is 1.88. The van der Waals surface area contributed by atoms with E-state index in [4.69, 9.17) is 10.5 Å². The van der Waals surface area contributed by atoms with Crippen molar-refractivity contribution in [3.05, 3.63) is 53.6 Å². The van der Waals surface area contributed by atoms with E-state index in [1.54, 1.807) is 12.1 Å². The van der Waals surface area contributed by atoms with Crippen LogP contribution in [0.15, 0.2) is 47.6 Å². The first-order chi connectivity index (χ1) is 10.1. The predicted octanol–water partition coefficient (Wildman–Crippen LogP) is 3.79. The first kappa shape index (κ1) is 14.3. The van der Waals surface area contributed by atoms with Crippen molar-refractivity contribution in [3.63, 3.8) is 0 Å². The van der Waals surface area contributed by atoms with E-state index in [9.17, 15) is 0 Å². The minimum absolute atomic E-state index is 0.202. The third-order valence-electron chi connectivity index (χ3n) is 3.21. The Kier molecular flexibility index (Phi) is 4.33. The Balaban J connectivity index is 2.30. The summed E-state index contributed by atoms with van der Waals surface area (Å²) in [5.74, 6) is 0. The maximum absolute atomic E-state index is 8.65. The van der Waals surface area contributed by atoms with Crippen molar-refractivity contribution >= 4 is 11.4 Å². The molecule has 0 aliphatic rings. The molecule has 0 saturated carbocycles. The first-order valence-corrected chi connectivity index (χ1v) is 6.45. The average molecular weight is 274 g/mol. The van der Waals surface area contributed by atoms with E-state index < -0.39 is 0 Å². The monoisotopic (exact) mass is 274 g/mol. The van der Waals surface area contributed by atoms with Crippen LogP contribution >= 0.6 is 0 Å². The van der Waals surface area contributed by atoms with E-state index in [0.29, 0.717) is 0 Å². The maximum Gasteiger partial charge on any atom is 0.237 e. The molecule has 0 amide bonds. The second kappa shape index (κ2) is 6.36. The largest absolute Gasteiger partial charge is 0.276 e. The van der Waals surface area contributed by atoms with Gasteiger partial charge in [-0.25, -0.2) is 0 Å². The Hall–Kier alpha value is -3.11. The normalized spacial score (nSPS) is 9.33. The van der Waals surface area contributed by atoms with Crippen LogP contribution in [0.3, 0.4) is 0 Å². The molecule has 0 radical (unpaired) electrons. The van der Waals surface area contributed by atoms with Gasteiger partial charge in [-0.1, -0.05) is 30.3 Å². The number of nitriles is 2. The van der Waals surface area contributed by atoms with Gasteiger partial charge >= 0.3 is 0 Å². The molecule has 0 aliphatic heterocycles. The highest BCUT2D eigenvalue weighted by Crippen LogP contribution is 2.24. The quantitative estimate of drug-likeness (QED) is 0.683. The third-order valence-corrected chi connectivity index (χ3v) is 3.21. The van der Waals surface area contributed by atoms with Crippen LogP contribution in [0.2, 0.25) is 0 Å². The van der Waals surface area contributed by atoms with Crippen molar-refractivity contribution < 1.29 is 0 Å². The molecule has 0 atom stereocenters. The summed E-state index contributed by atoms with van der Waals surface area (Å²) in [6.07, 6.45) is 0. The van der Waals surface area contributed by atoms with Crippen molar-refractivity contribution in [2.45, 2.75) is 13.8 Å². The number of nitrogens with one attached hydrogen (secondary N) is 1. The van der Waals surface area contributed by atoms with E-state index in [1.807, 2.05) is 24.3 Å². The van der Waals surface area contributed by atoms with Gasteiger partial charge in [-0.05, 0) is 48.2 Å². The lowest BCUT2D eigenvalue weighted by atomic mass is 10.0. The summed E-state index contributed by atoms with van der Waals surface area (Å²) < 4.78 is 0. The van der Waals surface area contributed by atoms with Crippen molar-refractivity contribution in [1.82, 2.24) is 0 Å². The summed E-state index contributed by atoms with van der Waals surface area (Å²) in [6.45, 7) is 4.16. The zero-order chi connectivity index (χ0) is 15.2. The molecule has 0 heterocycles. The molecular weight excluding hydrogens is 260 g/mol. The Morgan fingerprint density at radius 2 is 1.67 bits per heavy atom. The maximum atomic E-state index is 8.65. The number of hydrogen-bond donors (Lipinski definition) is 1. The number of rotatable bonds is 3. The van der Waals surface area contributed by atoms with Crippen LogP contribution in [0.1, 0.15) is 11.1 Å². The van der Waals surface area contributed by atoms with E-state index >= 15 is 0 Å². The lowest BCUT2D eigenvalue weighted by Crippen LogP contribution is -1.96. The highest BCUT2D eigenvalue weighted by Gasteiger charge is 2.01. The van der Waals surface area contributed by atoms with Gasteiger partial charge in [-0.15, -0.1) is 0 Å². The van der Waals surface area contributed by atoms with Crippen molar-refractivity contribution in [1.29, 1.82) is 10.5 Å². The molecule has 0 saturated heterocycles. The van der Waals surface area contributed by atoms with Crippen LogP contribution in [-0.2, 0) is 0 Å². The molecule has 4 heteroatoms. The van der Waals surface area contributed by atoms with Crippen molar-refractivity contribution in [3.8, 4) is 23.3 Å². The summed E-state index contributed by atoms with van der Waals surface area (Å²) in [7, 11) is 0. The van der Waals surface area contributed by atoms with E-state index in [2.05, 4.69) is 42.6 Å². The Morgan fingerprint density at radius 3 is 2.33 bits per heavy atom. The van der Waals surface area contributed by atoms with Gasteiger partial charge in [0.1, 0.15) is 12.1 Å². The minimum atomic E-state index is -0.202. The van der Waals surface area contributed by atoms with Crippen LogP contribution in [0.25, 0.3) is 11.1 Å². The van der Waals surface area contributed by atoms with Gasteiger partial charge < -0.3 is 0 Å². The summed E-state index contributed by atoms with van der Waals surface area (Å²) in [6, 6.07) is 17.4. The van der Waals surface area contributed by atoms with Gasteiger partial charge in [0.25, 0.3) is 0 Å². The summed E-state index contributed by atoms with van der Waals surface area (Å²) in [5.41, 5.74) is 7.91. The van der Waals surface area contributed by atoms with E-state index in [-0.39, 0.29) is 5.71 Å². The van der Waals surface area contributed by atoms with Crippen LogP contribution in [0.4, 0.5) is 5.69 Å². The minimum Gasteiger partial charge on any atom is -0.276 e. The number of aryl methyl sites for hydroxylation is 2. The van der Waals surface area contributed by atoms with Crippen LogP contribution in [-0.4, -0.2) is 5.71 Å². The molecular formula is C17H14N4. The predicted molar refractivity (Wildman–Crippen MR) is 83.6 cm³/mol. The van der Waals surface area contributed by atoms with E-state index in [0.717, 1.165) is 16.8 Å². The smallest absolute Gasteiger partial charge is 0.237 e. The van der Waals surface area contributed by atoms with E-state index in [1.165, 1.54) is 11.1 Å². The fraction of sp³-hybridized carbons (Fsp3) is 0.118. The van der Waals surface area contributed by atoms with Gasteiger partial charge in [0.15, 0.2) is 0 Å². The summed E-state index contributed by atoms with van der Waals surface area (Å²) in [5, 5.41) is 21.0. The number of hydrazone groups is 1. The van der Waals surface area contributed by atoms with Gasteiger partial charge in [-0.3, -0.25) is 5.43 Å². The Labute approximate surface area is 124 Å². The van der Waals surface area contributed by atoms with Crippen molar-refractivity contribution in [2.75, 3.05) is 5.43 Å². The molecule has 2 aromatic rings. The molecule has 4 nitrogen and oxygen atoms in total. The standard InChI is InChI=1S/C17H14N4/c1-12-6-7-15(8-13(12)2)14-4-3-5-16(9-14)20-21-17(10-18)11-19/h3-9,20H,1-2H3. The number of benzene rings is 2. The Morgan fingerprint density at radius 1 is 0.952 bits per heavy atom. The fourth-order valence-corrected chi connectivity index (χ4v) is 1.88. The van der Waals surface area contributed by atoms with Crippen LogP contribution in [0.5, 0.6) is 0 Å². The average Bonchev–Trinajstić information content (AvgIpc) is 2.51. The molecule has 2 rings (SSSR count). The van der Waals surface area contributed by atoms with Crippen LogP contribution in [0, 0.1) is 36.5 Å². The van der Waals surface area contributed by atoms with Gasteiger partial charge in [0.2, 0.25) is 5.71 Å².